The number of aliphatic hydroxyl groups excluding tert-OH is 1. The summed E-state index contributed by atoms with van der Waals surface area (Å²) in [6.45, 7) is 2.32. The predicted octanol–water partition coefficient (Wildman–Crippen LogP) is 0.749. The first-order valence-corrected chi connectivity index (χ1v) is 6.59. The highest BCUT2D eigenvalue weighted by Gasteiger charge is 2.08. The Morgan fingerprint density at radius 1 is 1.15 bits per heavy atom. The van der Waals surface area contributed by atoms with Crippen LogP contribution in [0, 0.1) is 6.92 Å². The predicted molar refractivity (Wildman–Crippen MR) is 76.9 cm³/mol. The van der Waals surface area contributed by atoms with E-state index in [-0.39, 0.29) is 24.4 Å². The standard InChI is InChI=1S/C15H18N2O3/c1-12-10-16(11-13-6-3-2-4-7-13)15(20)17(14(12)19)8-5-9-18/h2-4,6-7,10,18H,5,8-9,11H2,1H3. The summed E-state index contributed by atoms with van der Waals surface area (Å²) < 4.78 is 2.72. The normalized spacial score (nSPS) is 10.7. The monoisotopic (exact) mass is 274 g/mol. The summed E-state index contributed by atoms with van der Waals surface area (Å²) in [5.74, 6) is 0. The molecule has 0 saturated carbocycles. The van der Waals surface area contributed by atoms with Crippen LogP contribution in [0.2, 0.25) is 0 Å². The molecule has 1 N–H and O–H groups in total. The highest BCUT2D eigenvalue weighted by Crippen LogP contribution is 2.00. The largest absolute Gasteiger partial charge is 0.396 e. The van der Waals surface area contributed by atoms with Crippen LogP contribution in [-0.2, 0) is 13.1 Å². The summed E-state index contributed by atoms with van der Waals surface area (Å²) in [4.78, 5) is 24.3. The molecule has 2 aromatic rings. The average molecular weight is 274 g/mol. The highest BCUT2D eigenvalue weighted by molar-refractivity contribution is 5.15. The van der Waals surface area contributed by atoms with Crippen LogP contribution in [0.1, 0.15) is 17.5 Å². The maximum Gasteiger partial charge on any atom is 0.331 e. The van der Waals surface area contributed by atoms with E-state index in [0.717, 1.165) is 5.56 Å². The zero-order valence-electron chi connectivity index (χ0n) is 11.5. The van der Waals surface area contributed by atoms with Crippen molar-refractivity contribution in [3.05, 3.63) is 68.5 Å². The van der Waals surface area contributed by atoms with Crippen molar-refractivity contribution in [1.82, 2.24) is 9.13 Å². The number of aliphatic hydroxyl groups is 1. The molecular formula is C15H18N2O3. The minimum absolute atomic E-state index is 0.0431. The van der Waals surface area contributed by atoms with Gasteiger partial charge in [-0.3, -0.25) is 13.9 Å². The molecule has 0 fully saturated rings. The summed E-state index contributed by atoms with van der Waals surface area (Å²) in [5, 5.41) is 8.86. The molecule has 0 amide bonds. The molecule has 0 bridgehead atoms. The smallest absolute Gasteiger partial charge is 0.331 e. The van der Waals surface area contributed by atoms with E-state index in [1.807, 2.05) is 30.3 Å². The van der Waals surface area contributed by atoms with E-state index in [9.17, 15) is 9.59 Å². The molecule has 1 aromatic heterocycles. The van der Waals surface area contributed by atoms with Crippen molar-refractivity contribution in [3.63, 3.8) is 0 Å². The molecular weight excluding hydrogens is 256 g/mol. The van der Waals surface area contributed by atoms with Crippen LogP contribution in [0.4, 0.5) is 0 Å². The van der Waals surface area contributed by atoms with Crippen molar-refractivity contribution in [1.29, 1.82) is 0 Å². The molecule has 2 rings (SSSR count). The van der Waals surface area contributed by atoms with Gasteiger partial charge in [-0.05, 0) is 18.9 Å². The summed E-state index contributed by atoms with van der Waals surface area (Å²) in [6, 6.07) is 9.61. The fourth-order valence-electron chi connectivity index (χ4n) is 2.12. The molecule has 0 atom stereocenters. The van der Waals surface area contributed by atoms with Crippen molar-refractivity contribution < 1.29 is 5.11 Å². The molecule has 0 aliphatic heterocycles. The van der Waals surface area contributed by atoms with Gasteiger partial charge in [0.05, 0.1) is 6.54 Å². The quantitative estimate of drug-likeness (QED) is 0.875. The molecule has 1 aromatic carbocycles. The van der Waals surface area contributed by atoms with E-state index < -0.39 is 0 Å². The van der Waals surface area contributed by atoms with Crippen LogP contribution >= 0.6 is 0 Å². The number of hydrogen-bond acceptors (Lipinski definition) is 3. The number of hydrogen-bond donors (Lipinski definition) is 1. The maximum absolute atomic E-state index is 12.3. The minimum Gasteiger partial charge on any atom is -0.396 e. The molecule has 106 valence electrons. The van der Waals surface area contributed by atoms with Gasteiger partial charge in [-0.2, -0.15) is 0 Å². The molecule has 5 nitrogen and oxygen atoms in total. The van der Waals surface area contributed by atoms with Crippen molar-refractivity contribution in [3.8, 4) is 0 Å². The molecule has 5 heteroatoms. The summed E-state index contributed by atoms with van der Waals surface area (Å²) >= 11 is 0. The molecule has 0 radical (unpaired) electrons. The van der Waals surface area contributed by atoms with Gasteiger partial charge in [0.2, 0.25) is 0 Å². The Hall–Kier alpha value is -2.14. The van der Waals surface area contributed by atoms with E-state index in [1.165, 1.54) is 9.13 Å². The maximum atomic E-state index is 12.3. The zero-order valence-corrected chi connectivity index (χ0v) is 11.5. The first-order chi connectivity index (χ1) is 9.63. The van der Waals surface area contributed by atoms with Gasteiger partial charge in [0.25, 0.3) is 5.56 Å². The number of nitrogens with zero attached hydrogens (tertiary/aromatic N) is 2. The first kappa shape index (κ1) is 14.3. The molecule has 0 aliphatic carbocycles. The Morgan fingerprint density at radius 2 is 1.85 bits per heavy atom. The van der Waals surface area contributed by atoms with Gasteiger partial charge in [0, 0.05) is 24.9 Å². The van der Waals surface area contributed by atoms with Gasteiger partial charge in [-0.25, -0.2) is 4.79 Å². The van der Waals surface area contributed by atoms with Gasteiger partial charge in [-0.1, -0.05) is 30.3 Å². The Labute approximate surface area is 116 Å². The van der Waals surface area contributed by atoms with E-state index in [2.05, 4.69) is 0 Å². The summed E-state index contributed by atoms with van der Waals surface area (Å²) in [7, 11) is 0. The third-order valence-corrected chi connectivity index (χ3v) is 3.14. The van der Waals surface area contributed by atoms with Gasteiger partial charge in [-0.15, -0.1) is 0 Å². The highest BCUT2D eigenvalue weighted by atomic mass is 16.3. The number of rotatable bonds is 5. The molecule has 0 spiro atoms. The van der Waals surface area contributed by atoms with E-state index in [1.54, 1.807) is 13.1 Å². The van der Waals surface area contributed by atoms with Crippen molar-refractivity contribution in [2.75, 3.05) is 6.61 Å². The fourth-order valence-corrected chi connectivity index (χ4v) is 2.12. The minimum atomic E-state index is -0.335. The van der Waals surface area contributed by atoms with Crippen molar-refractivity contribution in [2.24, 2.45) is 0 Å². The lowest BCUT2D eigenvalue weighted by atomic mass is 10.2. The van der Waals surface area contributed by atoms with Gasteiger partial charge in [0.1, 0.15) is 0 Å². The van der Waals surface area contributed by atoms with Crippen LogP contribution in [0.25, 0.3) is 0 Å². The second-order valence-corrected chi connectivity index (χ2v) is 4.74. The van der Waals surface area contributed by atoms with Crippen LogP contribution < -0.4 is 11.2 Å². The molecule has 20 heavy (non-hydrogen) atoms. The van der Waals surface area contributed by atoms with E-state index in [4.69, 9.17) is 5.11 Å². The number of aryl methyl sites for hydroxylation is 1. The van der Waals surface area contributed by atoms with Gasteiger partial charge in [0.15, 0.2) is 0 Å². The first-order valence-electron chi connectivity index (χ1n) is 6.59. The third-order valence-electron chi connectivity index (χ3n) is 3.14. The molecule has 0 unspecified atom stereocenters. The average Bonchev–Trinajstić information content (AvgIpc) is 2.46. The topological polar surface area (TPSA) is 64.2 Å². The van der Waals surface area contributed by atoms with Gasteiger partial charge < -0.3 is 5.11 Å². The number of benzene rings is 1. The Morgan fingerprint density at radius 3 is 2.50 bits per heavy atom. The van der Waals surface area contributed by atoms with Crippen molar-refractivity contribution >= 4 is 0 Å². The lowest BCUT2D eigenvalue weighted by Gasteiger charge is -2.11. The lowest BCUT2D eigenvalue weighted by molar-refractivity contribution is 0.277. The van der Waals surface area contributed by atoms with Crippen LogP contribution in [-0.4, -0.2) is 20.8 Å². The zero-order chi connectivity index (χ0) is 14.5. The Kier molecular flexibility index (Phi) is 4.53. The van der Waals surface area contributed by atoms with Crippen molar-refractivity contribution in [2.45, 2.75) is 26.4 Å². The molecule has 0 aliphatic rings. The Bertz CT molecular complexity index is 687. The third kappa shape index (κ3) is 3.05. The van der Waals surface area contributed by atoms with Crippen LogP contribution in [0.3, 0.4) is 0 Å². The van der Waals surface area contributed by atoms with Crippen LogP contribution in [0.15, 0.2) is 46.1 Å². The van der Waals surface area contributed by atoms with Gasteiger partial charge >= 0.3 is 5.69 Å². The fraction of sp³-hybridized carbons (Fsp3) is 0.333. The Balaban J connectivity index is 2.42. The second kappa shape index (κ2) is 6.34. The SMILES string of the molecule is Cc1cn(Cc2ccccc2)c(=O)n(CCCO)c1=O. The van der Waals surface area contributed by atoms with E-state index in [0.29, 0.717) is 18.5 Å². The number of aromatic nitrogens is 2. The summed E-state index contributed by atoms with van der Waals surface area (Å²) in [6.07, 6.45) is 1.98. The molecule has 1 heterocycles. The van der Waals surface area contributed by atoms with Crippen LogP contribution in [0.5, 0.6) is 0 Å². The second-order valence-electron chi connectivity index (χ2n) is 4.74. The van der Waals surface area contributed by atoms with E-state index >= 15 is 0 Å². The lowest BCUT2D eigenvalue weighted by Crippen LogP contribution is -2.41. The summed E-state index contributed by atoms with van der Waals surface area (Å²) in [5.41, 5.74) is 0.908. The molecule has 0 saturated heterocycles.